The van der Waals surface area contributed by atoms with E-state index in [4.69, 9.17) is 10.2 Å². The van der Waals surface area contributed by atoms with Crippen molar-refractivity contribution in [3.05, 3.63) is 24.2 Å². The van der Waals surface area contributed by atoms with Crippen molar-refractivity contribution in [2.24, 2.45) is 10.7 Å². The maximum absolute atomic E-state index is 5.96. The Morgan fingerprint density at radius 3 is 2.64 bits per heavy atom. The number of hydrogen-bond acceptors (Lipinski definition) is 3. The Balaban J connectivity index is 2.49. The lowest BCUT2D eigenvalue weighted by atomic mass is 10.2. The van der Waals surface area contributed by atoms with E-state index in [9.17, 15) is 0 Å². The van der Waals surface area contributed by atoms with Gasteiger partial charge in [0.25, 0.3) is 0 Å². The number of nitrogens with two attached hydrogens (primary N) is 1. The normalized spacial score (nSPS) is 13.5. The number of unbranched alkanes of at least 4 members (excludes halogenated alkanes) is 3. The average Bonchev–Trinajstić information content (AvgIpc) is 3.05. The van der Waals surface area contributed by atoms with Crippen molar-refractivity contribution in [2.45, 2.75) is 52.5 Å². The first kappa shape index (κ1) is 18.6. The van der Waals surface area contributed by atoms with Crippen molar-refractivity contribution in [3.63, 3.8) is 0 Å². The maximum Gasteiger partial charge on any atom is 0.188 e. The van der Waals surface area contributed by atoms with Gasteiger partial charge in [0.2, 0.25) is 0 Å². The molecule has 0 spiro atoms. The average molecular weight is 308 g/mol. The molecule has 0 aliphatic carbocycles. The molecule has 3 N–H and O–H groups in total. The van der Waals surface area contributed by atoms with Crippen LogP contribution >= 0.6 is 0 Å². The smallest absolute Gasteiger partial charge is 0.188 e. The third-order valence-corrected chi connectivity index (χ3v) is 3.90. The number of hydrogen-bond donors (Lipinski definition) is 2. The summed E-state index contributed by atoms with van der Waals surface area (Å²) in [4.78, 5) is 6.83. The molecular formula is C17H32N4O. The van der Waals surface area contributed by atoms with Crippen LogP contribution in [0, 0.1) is 0 Å². The van der Waals surface area contributed by atoms with E-state index in [2.05, 4.69) is 36.0 Å². The van der Waals surface area contributed by atoms with E-state index >= 15 is 0 Å². The molecule has 1 aromatic rings. The second kappa shape index (κ2) is 11.1. The molecule has 0 aromatic carbocycles. The second-order valence-electron chi connectivity index (χ2n) is 5.47. The van der Waals surface area contributed by atoms with E-state index in [1.807, 2.05) is 12.1 Å². The minimum Gasteiger partial charge on any atom is -0.468 e. The number of nitrogens with zero attached hydrogens (tertiary/aromatic N) is 2. The highest BCUT2D eigenvalue weighted by atomic mass is 16.3. The molecule has 0 fully saturated rings. The zero-order valence-corrected chi connectivity index (χ0v) is 14.3. The van der Waals surface area contributed by atoms with E-state index < -0.39 is 0 Å². The van der Waals surface area contributed by atoms with Crippen molar-refractivity contribution >= 4 is 5.96 Å². The quantitative estimate of drug-likeness (QED) is 0.374. The molecule has 126 valence electrons. The molecule has 0 aliphatic heterocycles. The van der Waals surface area contributed by atoms with Gasteiger partial charge in [-0.1, -0.05) is 40.0 Å². The van der Waals surface area contributed by atoms with Crippen LogP contribution < -0.4 is 11.1 Å². The van der Waals surface area contributed by atoms with Gasteiger partial charge >= 0.3 is 0 Å². The summed E-state index contributed by atoms with van der Waals surface area (Å²) >= 11 is 0. The van der Waals surface area contributed by atoms with Gasteiger partial charge in [-0.3, -0.25) is 9.89 Å². The van der Waals surface area contributed by atoms with Crippen LogP contribution in [-0.4, -0.2) is 37.0 Å². The molecule has 0 bridgehead atoms. The first-order valence-electron chi connectivity index (χ1n) is 8.54. The van der Waals surface area contributed by atoms with E-state index in [-0.39, 0.29) is 6.04 Å². The van der Waals surface area contributed by atoms with Gasteiger partial charge in [0.05, 0.1) is 18.8 Å². The fourth-order valence-electron chi connectivity index (χ4n) is 2.54. The fraction of sp³-hybridized carbons (Fsp3) is 0.706. The minimum absolute atomic E-state index is 0.144. The van der Waals surface area contributed by atoms with Crippen LogP contribution in [0.1, 0.15) is 58.3 Å². The predicted molar refractivity (Wildman–Crippen MR) is 93.0 cm³/mol. The molecular weight excluding hydrogens is 276 g/mol. The third kappa shape index (κ3) is 6.52. The lowest BCUT2D eigenvalue weighted by Gasteiger charge is -2.26. The van der Waals surface area contributed by atoms with Crippen LogP contribution in [0.15, 0.2) is 27.8 Å². The minimum atomic E-state index is 0.144. The molecule has 22 heavy (non-hydrogen) atoms. The number of likely N-dealkylation sites (N-methyl/N-ethyl adjacent to an activating group) is 1. The summed E-state index contributed by atoms with van der Waals surface area (Å²) in [5.41, 5.74) is 5.96. The van der Waals surface area contributed by atoms with E-state index in [0.717, 1.165) is 31.8 Å². The molecule has 1 aromatic heterocycles. The van der Waals surface area contributed by atoms with E-state index in [0.29, 0.717) is 12.5 Å². The van der Waals surface area contributed by atoms with Crippen molar-refractivity contribution in [1.29, 1.82) is 0 Å². The lowest BCUT2D eigenvalue weighted by Crippen LogP contribution is -2.35. The zero-order chi connectivity index (χ0) is 16.2. The van der Waals surface area contributed by atoms with Crippen LogP contribution in [0.2, 0.25) is 0 Å². The van der Waals surface area contributed by atoms with E-state index in [1.54, 1.807) is 6.26 Å². The van der Waals surface area contributed by atoms with Crippen molar-refractivity contribution in [1.82, 2.24) is 10.2 Å². The van der Waals surface area contributed by atoms with Gasteiger partial charge in [0.15, 0.2) is 5.96 Å². The Morgan fingerprint density at radius 2 is 2.05 bits per heavy atom. The van der Waals surface area contributed by atoms with Gasteiger partial charge in [-0.25, -0.2) is 0 Å². The second-order valence-corrected chi connectivity index (χ2v) is 5.47. The highest BCUT2D eigenvalue weighted by Gasteiger charge is 2.20. The highest BCUT2D eigenvalue weighted by molar-refractivity contribution is 5.77. The SMILES string of the molecule is CCCCCCNC(N)=NCC(c1ccco1)N(CC)CC. The van der Waals surface area contributed by atoms with Gasteiger partial charge < -0.3 is 15.5 Å². The van der Waals surface area contributed by atoms with Crippen LogP contribution in [0.25, 0.3) is 0 Å². The molecule has 0 saturated carbocycles. The number of nitrogens with one attached hydrogen (secondary N) is 1. The summed E-state index contributed by atoms with van der Waals surface area (Å²) in [6.45, 7) is 9.95. The standard InChI is InChI=1S/C17H32N4O/c1-4-7-8-9-12-19-17(18)20-14-15(21(5-2)6-3)16-11-10-13-22-16/h10-11,13,15H,4-9,12,14H2,1-3H3,(H3,18,19,20). The molecule has 0 radical (unpaired) electrons. The van der Waals surface area contributed by atoms with Crippen LogP contribution in [0.3, 0.4) is 0 Å². The van der Waals surface area contributed by atoms with Gasteiger partial charge in [0, 0.05) is 6.54 Å². The number of furan rings is 1. The Hall–Kier alpha value is -1.49. The molecule has 0 aliphatic rings. The van der Waals surface area contributed by atoms with Gasteiger partial charge in [-0.2, -0.15) is 0 Å². The first-order chi connectivity index (χ1) is 10.7. The number of aliphatic imine (C=N–C) groups is 1. The summed E-state index contributed by atoms with van der Waals surface area (Å²) in [5, 5.41) is 3.20. The molecule has 5 heteroatoms. The molecule has 1 unspecified atom stereocenters. The number of guanidine groups is 1. The Labute approximate surface area is 135 Å². The Bertz CT molecular complexity index is 399. The molecule has 0 saturated heterocycles. The van der Waals surface area contributed by atoms with Gasteiger partial charge in [0.1, 0.15) is 5.76 Å². The summed E-state index contributed by atoms with van der Waals surface area (Å²) < 4.78 is 5.57. The third-order valence-electron chi connectivity index (χ3n) is 3.90. The summed E-state index contributed by atoms with van der Waals surface area (Å²) in [6, 6.07) is 4.07. The monoisotopic (exact) mass is 308 g/mol. The molecule has 5 nitrogen and oxygen atoms in total. The molecule has 1 rings (SSSR count). The molecule has 1 atom stereocenters. The van der Waals surface area contributed by atoms with E-state index in [1.165, 1.54) is 19.3 Å². The van der Waals surface area contributed by atoms with Crippen LogP contribution in [-0.2, 0) is 0 Å². The fourth-order valence-corrected chi connectivity index (χ4v) is 2.54. The highest BCUT2D eigenvalue weighted by Crippen LogP contribution is 2.21. The molecule has 1 heterocycles. The maximum atomic E-state index is 5.96. The predicted octanol–water partition coefficient (Wildman–Crippen LogP) is 3.15. The van der Waals surface area contributed by atoms with Crippen molar-refractivity contribution in [2.75, 3.05) is 26.2 Å². The summed E-state index contributed by atoms with van der Waals surface area (Å²) in [7, 11) is 0. The summed E-state index contributed by atoms with van der Waals surface area (Å²) in [5.74, 6) is 1.48. The Kier molecular flexibility index (Phi) is 9.39. The topological polar surface area (TPSA) is 66.8 Å². The van der Waals surface area contributed by atoms with Gasteiger partial charge in [-0.15, -0.1) is 0 Å². The molecule has 0 amide bonds. The van der Waals surface area contributed by atoms with Crippen molar-refractivity contribution < 1.29 is 4.42 Å². The first-order valence-corrected chi connectivity index (χ1v) is 8.54. The largest absolute Gasteiger partial charge is 0.468 e. The van der Waals surface area contributed by atoms with Crippen LogP contribution in [0.4, 0.5) is 0 Å². The van der Waals surface area contributed by atoms with Gasteiger partial charge in [-0.05, 0) is 31.6 Å². The van der Waals surface area contributed by atoms with Crippen molar-refractivity contribution in [3.8, 4) is 0 Å². The number of rotatable bonds is 11. The lowest BCUT2D eigenvalue weighted by molar-refractivity contribution is 0.198. The summed E-state index contributed by atoms with van der Waals surface area (Å²) in [6.07, 6.45) is 6.62. The zero-order valence-electron chi connectivity index (χ0n) is 14.3. The van der Waals surface area contributed by atoms with Crippen LogP contribution in [0.5, 0.6) is 0 Å². The Morgan fingerprint density at radius 1 is 1.27 bits per heavy atom.